The lowest BCUT2D eigenvalue weighted by Gasteiger charge is -2.15. The number of benzene rings is 1. The van der Waals surface area contributed by atoms with Gasteiger partial charge in [-0.3, -0.25) is 14.8 Å². The highest BCUT2D eigenvalue weighted by Gasteiger charge is 2.34. The molecule has 0 aliphatic carbocycles. The number of hydrogen-bond donors (Lipinski definition) is 2. The minimum atomic E-state index is -4.51. The summed E-state index contributed by atoms with van der Waals surface area (Å²) in [5.41, 5.74) is 0.179. The Morgan fingerprint density at radius 2 is 1.72 bits per heavy atom. The van der Waals surface area contributed by atoms with E-state index in [4.69, 9.17) is 12.2 Å². The molecule has 2 N–H and O–H groups in total. The molecule has 0 spiro atoms. The fraction of sp³-hybridized carbons (Fsp3) is 0.312. The van der Waals surface area contributed by atoms with Gasteiger partial charge in [0.15, 0.2) is 10.6 Å². The van der Waals surface area contributed by atoms with Crippen LogP contribution in [0, 0.1) is 4.77 Å². The first-order chi connectivity index (χ1) is 11.6. The molecular formula is C16H16F3N5S. The van der Waals surface area contributed by atoms with Gasteiger partial charge in [0.2, 0.25) is 0 Å². The topological polar surface area (TPSA) is 62.3 Å². The second-order valence-electron chi connectivity index (χ2n) is 6.62. The van der Waals surface area contributed by atoms with Gasteiger partial charge < -0.3 is 0 Å². The Morgan fingerprint density at radius 1 is 1.04 bits per heavy atom. The quantitative estimate of drug-likeness (QED) is 0.649. The molecule has 3 aromatic rings. The molecule has 25 heavy (non-hydrogen) atoms. The minimum absolute atomic E-state index is 0.0620. The van der Waals surface area contributed by atoms with E-state index in [0.717, 1.165) is 11.8 Å². The molecule has 1 aromatic carbocycles. The zero-order chi connectivity index (χ0) is 18.4. The van der Waals surface area contributed by atoms with Gasteiger partial charge in [0.25, 0.3) is 0 Å². The maximum absolute atomic E-state index is 13.4. The van der Waals surface area contributed by atoms with Crippen LogP contribution in [0.5, 0.6) is 0 Å². The Hall–Kier alpha value is -2.42. The zero-order valence-corrected chi connectivity index (χ0v) is 14.6. The lowest BCUT2D eigenvalue weighted by molar-refractivity contribution is -0.137. The number of aromatic amines is 2. The largest absolute Gasteiger partial charge is 0.418 e. The third-order valence-corrected chi connectivity index (χ3v) is 4.01. The molecule has 0 fully saturated rings. The summed E-state index contributed by atoms with van der Waals surface area (Å²) in [6.45, 7) is 6.00. The number of rotatable bonds is 2. The van der Waals surface area contributed by atoms with Gasteiger partial charge in [0.1, 0.15) is 5.69 Å². The summed E-state index contributed by atoms with van der Waals surface area (Å²) in [5.74, 6) is 0.216. The lowest BCUT2D eigenvalue weighted by atomic mass is 9.92. The van der Waals surface area contributed by atoms with Gasteiger partial charge in [-0.25, -0.2) is 0 Å². The van der Waals surface area contributed by atoms with Crippen LogP contribution in [0.1, 0.15) is 32.0 Å². The van der Waals surface area contributed by atoms with Gasteiger partial charge in [0, 0.05) is 11.1 Å². The van der Waals surface area contributed by atoms with Crippen molar-refractivity contribution in [3.63, 3.8) is 0 Å². The first-order valence-corrected chi connectivity index (χ1v) is 7.90. The predicted octanol–water partition coefficient (Wildman–Crippen LogP) is 4.64. The van der Waals surface area contributed by atoms with Gasteiger partial charge in [-0.05, 0) is 30.4 Å². The molecular weight excluding hydrogens is 351 g/mol. The van der Waals surface area contributed by atoms with Gasteiger partial charge >= 0.3 is 6.18 Å². The van der Waals surface area contributed by atoms with Crippen LogP contribution in [0.25, 0.3) is 17.2 Å². The van der Waals surface area contributed by atoms with Gasteiger partial charge in [-0.2, -0.15) is 23.4 Å². The molecule has 0 unspecified atom stereocenters. The van der Waals surface area contributed by atoms with E-state index in [0.29, 0.717) is 5.69 Å². The maximum Gasteiger partial charge on any atom is 0.418 e. The Labute approximate surface area is 146 Å². The maximum atomic E-state index is 13.4. The monoisotopic (exact) mass is 367 g/mol. The molecule has 0 radical (unpaired) electrons. The number of para-hydroxylation sites is 1. The smallest absolute Gasteiger partial charge is 0.281 e. The Morgan fingerprint density at radius 3 is 2.32 bits per heavy atom. The van der Waals surface area contributed by atoms with Crippen molar-refractivity contribution < 1.29 is 13.2 Å². The highest BCUT2D eigenvalue weighted by molar-refractivity contribution is 7.71. The number of aromatic nitrogens is 5. The van der Waals surface area contributed by atoms with Crippen molar-refractivity contribution in [1.82, 2.24) is 25.0 Å². The molecule has 0 saturated carbocycles. The summed E-state index contributed by atoms with van der Waals surface area (Å²) < 4.78 is 41.4. The molecule has 3 rings (SSSR count). The molecule has 0 saturated heterocycles. The molecule has 0 aliphatic rings. The zero-order valence-electron chi connectivity index (χ0n) is 13.8. The molecule has 132 valence electrons. The van der Waals surface area contributed by atoms with E-state index >= 15 is 0 Å². The average molecular weight is 367 g/mol. The number of nitrogens with one attached hydrogen (secondary N) is 2. The molecule has 9 heteroatoms. The average Bonchev–Trinajstić information content (AvgIpc) is 3.12. The van der Waals surface area contributed by atoms with Crippen molar-refractivity contribution in [3.05, 3.63) is 46.4 Å². The van der Waals surface area contributed by atoms with E-state index < -0.39 is 11.7 Å². The van der Waals surface area contributed by atoms with Crippen molar-refractivity contribution in [2.75, 3.05) is 0 Å². The number of nitrogens with zero attached hydrogens (tertiary/aromatic N) is 3. The standard InChI is InChI=1S/C16H16F3N5S/c1-15(2,3)12-8-10(20-21-12)13-22-23-14(25)24(13)11-7-5-4-6-9(11)16(17,18)19/h4-8H,1-3H3,(H,20,21)(H,23,25). The fourth-order valence-electron chi connectivity index (χ4n) is 2.42. The number of hydrogen-bond acceptors (Lipinski definition) is 3. The van der Waals surface area contributed by atoms with E-state index in [1.807, 2.05) is 20.8 Å². The Bertz CT molecular complexity index is 959. The molecule has 0 atom stereocenters. The molecule has 0 amide bonds. The summed E-state index contributed by atoms with van der Waals surface area (Å²) in [4.78, 5) is 0. The van der Waals surface area contributed by atoms with Crippen LogP contribution in [0.15, 0.2) is 30.3 Å². The van der Waals surface area contributed by atoms with Crippen molar-refractivity contribution in [2.24, 2.45) is 0 Å². The number of H-pyrrole nitrogens is 2. The van der Waals surface area contributed by atoms with E-state index in [2.05, 4.69) is 20.4 Å². The second kappa shape index (κ2) is 5.83. The molecule has 5 nitrogen and oxygen atoms in total. The summed E-state index contributed by atoms with van der Waals surface area (Å²) >= 11 is 5.16. The van der Waals surface area contributed by atoms with Crippen molar-refractivity contribution >= 4 is 12.2 Å². The highest BCUT2D eigenvalue weighted by atomic mass is 32.1. The van der Waals surface area contributed by atoms with Crippen molar-refractivity contribution in [3.8, 4) is 17.2 Å². The van der Waals surface area contributed by atoms with Crippen LogP contribution >= 0.6 is 12.2 Å². The SMILES string of the molecule is CC(C)(C)c1cc(-c2n[nH]c(=S)n2-c2ccccc2C(F)(F)F)n[nH]1. The predicted molar refractivity (Wildman–Crippen MR) is 90.0 cm³/mol. The van der Waals surface area contributed by atoms with Crippen LogP contribution in [-0.4, -0.2) is 25.0 Å². The van der Waals surface area contributed by atoms with Crippen LogP contribution in [0.3, 0.4) is 0 Å². The summed E-state index contributed by atoms with van der Waals surface area (Å²) in [7, 11) is 0. The molecule has 2 heterocycles. The third-order valence-electron chi connectivity index (χ3n) is 3.74. The first-order valence-electron chi connectivity index (χ1n) is 7.49. The summed E-state index contributed by atoms with van der Waals surface area (Å²) in [6, 6.07) is 6.99. The first kappa shape index (κ1) is 17.4. The third kappa shape index (κ3) is 3.23. The number of alkyl halides is 3. The fourth-order valence-corrected chi connectivity index (χ4v) is 2.65. The van der Waals surface area contributed by atoms with Gasteiger partial charge in [0.05, 0.1) is 11.3 Å². The van der Waals surface area contributed by atoms with Crippen LogP contribution in [0.2, 0.25) is 0 Å². The van der Waals surface area contributed by atoms with E-state index in [1.165, 1.54) is 22.8 Å². The summed E-state index contributed by atoms with van der Waals surface area (Å²) in [6.07, 6.45) is -4.51. The van der Waals surface area contributed by atoms with Crippen LogP contribution in [-0.2, 0) is 11.6 Å². The number of halogens is 3. The Balaban J connectivity index is 2.20. The lowest BCUT2D eigenvalue weighted by Crippen LogP contribution is -2.11. The van der Waals surface area contributed by atoms with E-state index in [1.54, 1.807) is 6.07 Å². The summed E-state index contributed by atoms with van der Waals surface area (Å²) in [5, 5.41) is 13.7. The molecule has 2 aromatic heterocycles. The Kier molecular flexibility index (Phi) is 4.06. The molecule has 0 aliphatic heterocycles. The van der Waals surface area contributed by atoms with E-state index in [9.17, 15) is 13.2 Å². The van der Waals surface area contributed by atoms with Gasteiger partial charge in [-0.15, -0.1) is 0 Å². The van der Waals surface area contributed by atoms with Gasteiger partial charge in [-0.1, -0.05) is 32.9 Å². The highest BCUT2D eigenvalue weighted by Crippen LogP contribution is 2.35. The van der Waals surface area contributed by atoms with Crippen molar-refractivity contribution in [2.45, 2.75) is 32.4 Å². The minimum Gasteiger partial charge on any atom is -0.281 e. The van der Waals surface area contributed by atoms with E-state index in [-0.39, 0.29) is 21.7 Å². The van der Waals surface area contributed by atoms with Crippen molar-refractivity contribution in [1.29, 1.82) is 0 Å². The molecule has 0 bridgehead atoms. The normalized spacial score (nSPS) is 12.6. The van der Waals surface area contributed by atoms with Crippen LogP contribution < -0.4 is 0 Å². The second-order valence-corrected chi connectivity index (χ2v) is 7.01. The van der Waals surface area contributed by atoms with Crippen LogP contribution in [0.4, 0.5) is 13.2 Å².